The Bertz CT molecular complexity index is 532. The zero-order valence-corrected chi connectivity index (χ0v) is 11.3. The first-order valence-corrected chi connectivity index (χ1v) is 7.14. The zero-order chi connectivity index (χ0) is 12.5. The summed E-state index contributed by atoms with van der Waals surface area (Å²) in [5.74, 6) is 0.950. The number of thiophene rings is 1. The highest BCUT2D eigenvalue weighted by Gasteiger charge is 2.31. The minimum atomic E-state index is 0.615. The molecule has 18 heavy (non-hydrogen) atoms. The molecule has 1 saturated carbocycles. The number of anilines is 2. The molecule has 0 atom stereocenters. The van der Waals surface area contributed by atoms with Gasteiger partial charge in [-0.3, -0.25) is 0 Å². The van der Waals surface area contributed by atoms with Crippen LogP contribution in [0.3, 0.4) is 0 Å². The maximum Gasteiger partial charge on any atom is 0.152 e. The van der Waals surface area contributed by atoms with Gasteiger partial charge in [0.1, 0.15) is 0 Å². The number of hydrogen-bond donors (Lipinski definition) is 1. The fraction of sp³-hybridized carbons (Fsp3) is 0.357. The molecule has 3 nitrogen and oxygen atoms in total. The molecule has 0 amide bonds. The Morgan fingerprint density at radius 3 is 2.89 bits per heavy atom. The van der Waals surface area contributed by atoms with Crippen LogP contribution in [0.5, 0.6) is 0 Å². The number of nitrogens with zero attached hydrogens (tertiary/aromatic N) is 2. The molecule has 0 spiro atoms. The minimum absolute atomic E-state index is 0.615. The van der Waals surface area contributed by atoms with E-state index in [9.17, 15) is 0 Å². The topological polar surface area (TPSA) is 42.1 Å². The average Bonchev–Trinajstić information content (AvgIpc) is 3.07. The minimum Gasteiger partial charge on any atom is -0.396 e. The number of aromatic nitrogens is 1. The van der Waals surface area contributed by atoms with Gasteiger partial charge in [-0.1, -0.05) is 6.07 Å². The van der Waals surface area contributed by atoms with Crippen molar-refractivity contribution < 1.29 is 0 Å². The Morgan fingerprint density at radius 2 is 2.22 bits per heavy atom. The van der Waals surface area contributed by atoms with E-state index >= 15 is 0 Å². The van der Waals surface area contributed by atoms with Gasteiger partial charge in [-0.25, -0.2) is 4.98 Å². The molecule has 0 unspecified atom stereocenters. The fourth-order valence-electron chi connectivity index (χ4n) is 2.12. The number of nitrogens with two attached hydrogens (primary N) is 1. The first kappa shape index (κ1) is 11.5. The number of hydrogen-bond acceptors (Lipinski definition) is 4. The average molecular weight is 259 g/mol. The van der Waals surface area contributed by atoms with Crippen molar-refractivity contribution in [1.82, 2.24) is 4.98 Å². The Balaban J connectivity index is 1.91. The molecule has 2 aromatic heterocycles. The quantitative estimate of drug-likeness (QED) is 0.916. The van der Waals surface area contributed by atoms with Gasteiger partial charge in [-0.15, -0.1) is 11.3 Å². The van der Waals surface area contributed by atoms with Crippen LogP contribution in [0.1, 0.15) is 23.4 Å². The molecule has 0 bridgehead atoms. The Labute approximate surface area is 111 Å². The SMILES string of the molecule is Cc1ccc(N)c(N(Cc2cccs2)C2CC2)n1. The highest BCUT2D eigenvalue weighted by atomic mass is 32.1. The van der Waals surface area contributed by atoms with E-state index in [4.69, 9.17) is 5.73 Å². The molecular formula is C14H17N3S. The summed E-state index contributed by atoms with van der Waals surface area (Å²) in [6.45, 7) is 2.93. The molecule has 4 heteroatoms. The smallest absolute Gasteiger partial charge is 0.152 e. The number of rotatable bonds is 4. The van der Waals surface area contributed by atoms with E-state index in [1.807, 2.05) is 19.1 Å². The van der Waals surface area contributed by atoms with Crippen LogP contribution in [0.15, 0.2) is 29.6 Å². The van der Waals surface area contributed by atoms with E-state index in [0.717, 1.165) is 23.7 Å². The third-order valence-electron chi connectivity index (χ3n) is 3.21. The van der Waals surface area contributed by atoms with Crippen molar-refractivity contribution in [2.75, 3.05) is 10.6 Å². The summed E-state index contributed by atoms with van der Waals surface area (Å²) in [7, 11) is 0. The Kier molecular flexibility index (Phi) is 2.96. The van der Waals surface area contributed by atoms with Gasteiger partial charge in [0.25, 0.3) is 0 Å². The highest BCUT2D eigenvalue weighted by Crippen LogP contribution is 2.35. The summed E-state index contributed by atoms with van der Waals surface area (Å²) in [4.78, 5) is 8.34. The summed E-state index contributed by atoms with van der Waals surface area (Å²) in [6.07, 6.45) is 2.50. The van der Waals surface area contributed by atoms with Gasteiger partial charge in [-0.05, 0) is 43.3 Å². The van der Waals surface area contributed by atoms with Crippen molar-refractivity contribution in [3.8, 4) is 0 Å². The summed E-state index contributed by atoms with van der Waals surface area (Å²) in [6, 6.07) is 8.81. The first-order valence-electron chi connectivity index (χ1n) is 6.26. The first-order chi connectivity index (χ1) is 8.74. The summed E-state index contributed by atoms with van der Waals surface area (Å²) >= 11 is 1.79. The van der Waals surface area contributed by atoms with Crippen molar-refractivity contribution in [2.45, 2.75) is 32.4 Å². The summed E-state index contributed by atoms with van der Waals surface area (Å²) < 4.78 is 0. The van der Waals surface area contributed by atoms with E-state index in [0.29, 0.717) is 6.04 Å². The highest BCUT2D eigenvalue weighted by molar-refractivity contribution is 7.09. The van der Waals surface area contributed by atoms with Crippen molar-refractivity contribution in [3.63, 3.8) is 0 Å². The van der Waals surface area contributed by atoms with Crippen molar-refractivity contribution in [1.29, 1.82) is 0 Å². The molecule has 1 fully saturated rings. The lowest BCUT2D eigenvalue weighted by atomic mass is 10.3. The molecular weight excluding hydrogens is 242 g/mol. The second-order valence-corrected chi connectivity index (χ2v) is 5.84. The van der Waals surface area contributed by atoms with Crippen LogP contribution in [-0.4, -0.2) is 11.0 Å². The Hall–Kier alpha value is -1.55. The molecule has 0 aromatic carbocycles. The molecule has 94 valence electrons. The van der Waals surface area contributed by atoms with Gasteiger partial charge in [0.15, 0.2) is 5.82 Å². The van der Waals surface area contributed by atoms with Gasteiger partial charge in [0.2, 0.25) is 0 Å². The van der Waals surface area contributed by atoms with Crippen LogP contribution in [0, 0.1) is 6.92 Å². The number of nitrogen functional groups attached to an aromatic ring is 1. The molecule has 0 aliphatic heterocycles. The molecule has 0 radical (unpaired) electrons. The molecule has 3 rings (SSSR count). The van der Waals surface area contributed by atoms with Gasteiger partial charge in [0.05, 0.1) is 12.2 Å². The lowest BCUT2D eigenvalue weighted by molar-refractivity contribution is 0.785. The van der Waals surface area contributed by atoms with Crippen LogP contribution >= 0.6 is 11.3 Å². The fourth-order valence-corrected chi connectivity index (χ4v) is 2.82. The van der Waals surface area contributed by atoms with Crippen LogP contribution < -0.4 is 10.6 Å². The zero-order valence-electron chi connectivity index (χ0n) is 10.5. The predicted molar refractivity (Wildman–Crippen MR) is 76.9 cm³/mol. The summed E-state index contributed by atoms with van der Waals surface area (Å²) in [5.41, 5.74) is 7.89. The van der Waals surface area contributed by atoms with Crippen molar-refractivity contribution >= 4 is 22.8 Å². The third-order valence-corrected chi connectivity index (χ3v) is 4.07. The normalized spacial score (nSPS) is 14.7. The van der Waals surface area contributed by atoms with E-state index < -0.39 is 0 Å². The molecule has 2 heterocycles. The largest absolute Gasteiger partial charge is 0.396 e. The van der Waals surface area contributed by atoms with Gasteiger partial charge in [-0.2, -0.15) is 0 Å². The van der Waals surface area contributed by atoms with Crippen LogP contribution in [0.25, 0.3) is 0 Å². The van der Waals surface area contributed by atoms with E-state index in [1.165, 1.54) is 17.7 Å². The standard InChI is InChI=1S/C14H17N3S/c1-10-4-7-13(15)14(16-10)17(11-5-6-11)9-12-3-2-8-18-12/h2-4,7-8,11H,5-6,9,15H2,1H3. The molecule has 1 aliphatic rings. The van der Waals surface area contributed by atoms with E-state index in [1.54, 1.807) is 11.3 Å². The van der Waals surface area contributed by atoms with Gasteiger partial charge >= 0.3 is 0 Å². The van der Waals surface area contributed by atoms with Crippen molar-refractivity contribution in [3.05, 3.63) is 40.2 Å². The second kappa shape index (κ2) is 4.61. The second-order valence-electron chi connectivity index (χ2n) is 4.80. The van der Waals surface area contributed by atoms with E-state index in [2.05, 4.69) is 27.4 Å². The molecule has 0 saturated heterocycles. The lowest BCUT2D eigenvalue weighted by Gasteiger charge is -2.24. The summed E-state index contributed by atoms with van der Waals surface area (Å²) in [5, 5.41) is 2.12. The predicted octanol–water partition coefficient (Wildman–Crippen LogP) is 3.20. The van der Waals surface area contributed by atoms with Crippen molar-refractivity contribution in [2.24, 2.45) is 0 Å². The maximum atomic E-state index is 6.08. The Morgan fingerprint density at radius 1 is 1.39 bits per heavy atom. The van der Waals surface area contributed by atoms with E-state index in [-0.39, 0.29) is 0 Å². The third kappa shape index (κ3) is 2.34. The van der Waals surface area contributed by atoms with Gasteiger partial charge in [0, 0.05) is 16.6 Å². The monoisotopic (exact) mass is 259 g/mol. The number of aryl methyl sites for hydroxylation is 1. The van der Waals surface area contributed by atoms with Crippen LogP contribution in [0.4, 0.5) is 11.5 Å². The van der Waals surface area contributed by atoms with Crippen LogP contribution in [0.2, 0.25) is 0 Å². The number of pyridine rings is 1. The molecule has 1 aliphatic carbocycles. The van der Waals surface area contributed by atoms with Crippen LogP contribution in [-0.2, 0) is 6.54 Å². The maximum absolute atomic E-state index is 6.08. The molecule has 2 N–H and O–H groups in total. The molecule has 2 aromatic rings. The lowest BCUT2D eigenvalue weighted by Crippen LogP contribution is -2.26. The van der Waals surface area contributed by atoms with Gasteiger partial charge < -0.3 is 10.6 Å².